The van der Waals surface area contributed by atoms with Crippen LogP contribution >= 0.6 is 11.8 Å². The van der Waals surface area contributed by atoms with Crippen molar-refractivity contribution in [3.8, 4) is 0 Å². The summed E-state index contributed by atoms with van der Waals surface area (Å²) in [5.74, 6) is 1.37. The van der Waals surface area contributed by atoms with Crippen LogP contribution in [0.1, 0.15) is 16.8 Å². The first kappa shape index (κ1) is 21.0. The van der Waals surface area contributed by atoms with E-state index < -0.39 is 26.4 Å². The summed E-state index contributed by atoms with van der Waals surface area (Å²) in [6, 6.07) is 3.26. The SMILES string of the molecule is CS(=O)(=O)c1cc(C(=O)NCC2(N3CCOCC3)CCSC2)cc([N+](=O)[O-])c1. The number of non-ortho nitro benzene ring substituents is 1. The van der Waals surface area contributed by atoms with Gasteiger partial charge in [0.1, 0.15) is 0 Å². The summed E-state index contributed by atoms with van der Waals surface area (Å²) in [4.78, 5) is 25.2. The molecular weight excluding hydrogens is 406 g/mol. The van der Waals surface area contributed by atoms with Gasteiger partial charge in [0.05, 0.1) is 23.0 Å². The van der Waals surface area contributed by atoms with E-state index in [-0.39, 0.29) is 16.0 Å². The Morgan fingerprint density at radius 2 is 2.07 bits per heavy atom. The van der Waals surface area contributed by atoms with Crippen molar-refractivity contribution in [3.63, 3.8) is 0 Å². The van der Waals surface area contributed by atoms with Gasteiger partial charge in [-0.15, -0.1) is 0 Å². The largest absolute Gasteiger partial charge is 0.379 e. The van der Waals surface area contributed by atoms with Crippen LogP contribution in [-0.2, 0) is 14.6 Å². The Balaban J connectivity index is 1.80. The van der Waals surface area contributed by atoms with Crippen molar-refractivity contribution in [3.05, 3.63) is 33.9 Å². The molecule has 0 aliphatic carbocycles. The van der Waals surface area contributed by atoms with Gasteiger partial charge < -0.3 is 10.1 Å². The minimum Gasteiger partial charge on any atom is -0.379 e. The topological polar surface area (TPSA) is 119 Å². The number of nitrogens with one attached hydrogen (secondary N) is 1. The molecule has 0 radical (unpaired) electrons. The number of ether oxygens (including phenoxy) is 1. The molecule has 0 aromatic heterocycles. The molecule has 0 spiro atoms. The van der Waals surface area contributed by atoms with Crippen molar-refractivity contribution in [2.24, 2.45) is 0 Å². The lowest BCUT2D eigenvalue weighted by atomic mass is 9.95. The molecule has 1 unspecified atom stereocenters. The Morgan fingerprint density at radius 1 is 1.36 bits per heavy atom. The van der Waals surface area contributed by atoms with Crippen LogP contribution < -0.4 is 5.32 Å². The molecule has 28 heavy (non-hydrogen) atoms. The molecule has 2 aliphatic heterocycles. The van der Waals surface area contributed by atoms with Gasteiger partial charge in [-0.2, -0.15) is 11.8 Å². The standard InChI is InChI=1S/C17H23N3O6S2/c1-28(24,25)15-9-13(8-14(10-15)20(22)23)16(21)18-11-17(2-7-27-12-17)19-3-5-26-6-4-19/h8-10H,2-7,11-12H2,1H3,(H,18,21). The van der Waals surface area contributed by atoms with E-state index in [1.165, 1.54) is 6.07 Å². The van der Waals surface area contributed by atoms with Gasteiger partial charge in [0.25, 0.3) is 11.6 Å². The quantitative estimate of drug-likeness (QED) is 0.524. The van der Waals surface area contributed by atoms with Gasteiger partial charge in [0.15, 0.2) is 9.84 Å². The number of nitro groups is 1. The average Bonchev–Trinajstić information content (AvgIpc) is 3.16. The van der Waals surface area contributed by atoms with Gasteiger partial charge >= 0.3 is 0 Å². The summed E-state index contributed by atoms with van der Waals surface area (Å²) >= 11 is 1.83. The molecule has 9 nitrogen and oxygen atoms in total. The van der Waals surface area contributed by atoms with Crippen molar-refractivity contribution in [2.45, 2.75) is 16.9 Å². The summed E-state index contributed by atoms with van der Waals surface area (Å²) in [6.07, 6.45) is 1.89. The van der Waals surface area contributed by atoms with Crippen molar-refractivity contribution in [2.75, 3.05) is 50.6 Å². The molecule has 0 bridgehead atoms. The summed E-state index contributed by atoms with van der Waals surface area (Å²) in [5.41, 5.74) is -0.630. The highest BCUT2D eigenvalue weighted by Gasteiger charge is 2.41. The van der Waals surface area contributed by atoms with Crippen LogP contribution in [0.3, 0.4) is 0 Å². The summed E-state index contributed by atoms with van der Waals surface area (Å²) in [7, 11) is -3.68. The zero-order valence-electron chi connectivity index (χ0n) is 15.5. The molecule has 1 amide bonds. The molecular formula is C17H23N3O6S2. The predicted octanol–water partition coefficient (Wildman–Crippen LogP) is 0.936. The number of benzene rings is 1. The first-order valence-corrected chi connectivity index (χ1v) is 11.9. The van der Waals surface area contributed by atoms with Crippen LogP contribution in [-0.4, -0.2) is 80.3 Å². The number of rotatable bonds is 6. The Kier molecular flexibility index (Phi) is 6.28. The van der Waals surface area contributed by atoms with Crippen LogP contribution in [0.15, 0.2) is 23.1 Å². The molecule has 0 saturated carbocycles. The van der Waals surface area contributed by atoms with E-state index >= 15 is 0 Å². The Bertz CT molecular complexity index is 862. The maximum absolute atomic E-state index is 12.7. The van der Waals surface area contributed by atoms with Crippen molar-refractivity contribution in [1.29, 1.82) is 0 Å². The molecule has 1 atom stereocenters. The fourth-order valence-corrected chi connectivity index (χ4v) is 5.67. The number of morpholine rings is 1. The third kappa shape index (κ3) is 4.65. The van der Waals surface area contributed by atoms with E-state index in [4.69, 9.17) is 4.74 Å². The summed E-state index contributed by atoms with van der Waals surface area (Å²) in [6.45, 7) is 3.30. The third-order valence-electron chi connectivity index (χ3n) is 5.13. The predicted molar refractivity (Wildman–Crippen MR) is 106 cm³/mol. The van der Waals surface area contributed by atoms with Gasteiger partial charge in [-0.3, -0.25) is 19.8 Å². The van der Waals surface area contributed by atoms with E-state index in [1.807, 2.05) is 11.8 Å². The average molecular weight is 430 g/mol. The monoisotopic (exact) mass is 429 g/mol. The van der Waals surface area contributed by atoms with Crippen molar-refractivity contribution < 1.29 is 22.9 Å². The molecule has 2 heterocycles. The lowest BCUT2D eigenvalue weighted by Gasteiger charge is -2.43. The van der Waals surface area contributed by atoms with E-state index in [0.29, 0.717) is 19.8 Å². The number of carbonyl (C=O) groups is 1. The lowest BCUT2D eigenvalue weighted by Crippen LogP contribution is -2.59. The smallest absolute Gasteiger partial charge is 0.271 e. The normalized spacial score (nSPS) is 23.5. The lowest BCUT2D eigenvalue weighted by molar-refractivity contribution is -0.385. The number of hydrogen-bond acceptors (Lipinski definition) is 8. The molecule has 2 saturated heterocycles. The first-order chi connectivity index (χ1) is 13.2. The van der Waals surface area contributed by atoms with E-state index in [0.717, 1.165) is 49.4 Å². The molecule has 154 valence electrons. The fraction of sp³-hybridized carbons (Fsp3) is 0.588. The number of carbonyl (C=O) groups excluding carboxylic acids is 1. The fourth-order valence-electron chi connectivity index (χ4n) is 3.52. The second kappa shape index (κ2) is 8.36. The van der Waals surface area contributed by atoms with Gasteiger partial charge in [0, 0.05) is 54.9 Å². The second-order valence-corrected chi connectivity index (χ2v) is 10.2. The van der Waals surface area contributed by atoms with E-state index in [9.17, 15) is 23.3 Å². The van der Waals surface area contributed by atoms with Gasteiger partial charge in [-0.1, -0.05) is 0 Å². The zero-order valence-corrected chi connectivity index (χ0v) is 17.2. The van der Waals surface area contributed by atoms with Crippen LogP contribution in [0.2, 0.25) is 0 Å². The molecule has 2 aliphatic rings. The minimum atomic E-state index is -3.68. The second-order valence-electron chi connectivity index (χ2n) is 7.05. The Labute approximate surface area is 167 Å². The highest BCUT2D eigenvalue weighted by molar-refractivity contribution is 7.99. The maximum atomic E-state index is 12.7. The van der Waals surface area contributed by atoms with Crippen molar-refractivity contribution in [1.82, 2.24) is 10.2 Å². The molecule has 1 N–H and O–H groups in total. The van der Waals surface area contributed by atoms with Gasteiger partial charge in [-0.05, 0) is 18.2 Å². The first-order valence-electron chi connectivity index (χ1n) is 8.90. The van der Waals surface area contributed by atoms with Gasteiger partial charge in [0.2, 0.25) is 0 Å². The molecule has 11 heteroatoms. The number of nitro benzene ring substituents is 1. The summed E-state index contributed by atoms with van der Waals surface area (Å²) in [5, 5.41) is 14.0. The minimum absolute atomic E-state index is 0.0302. The highest BCUT2D eigenvalue weighted by atomic mass is 32.2. The molecule has 1 aromatic rings. The highest BCUT2D eigenvalue weighted by Crippen LogP contribution is 2.33. The number of amides is 1. The number of thioether (sulfide) groups is 1. The maximum Gasteiger partial charge on any atom is 0.271 e. The van der Waals surface area contributed by atoms with E-state index in [2.05, 4.69) is 10.2 Å². The zero-order chi connectivity index (χ0) is 20.4. The number of hydrogen-bond donors (Lipinski definition) is 1. The van der Waals surface area contributed by atoms with Crippen molar-refractivity contribution >= 4 is 33.2 Å². The third-order valence-corrected chi connectivity index (χ3v) is 7.46. The Morgan fingerprint density at radius 3 is 2.64 bits per heavy atom. The van der Waals surface area contributed by atoms with Crippen LogP contribution in [0, 0.1) is 10.1 Å². The van der Waals surface area contributed by atoms with Crippen LogP contribution in [0.25, 0.3) is 0 Å². The van der Waals surface area contributed by atoms with Crippen LogP contribution in [0.4, 0.5) is 5.69 Å². The Hall–Kier alpha value is -1.69. The number of nitrogens with zero attached hydrogens (tertiary/aromatic N) is 2. The molecule has 1 aromatic carbocycles. The van der Waals surface area contributed by atoms with E-state index in [1.54, 1.807) is 0 Å². The molecule has 3 rings (SSSR count). The summed E-state index contributed by atoms with van der Waals surface area (Å²) < 4.78 is 29.1. The van der Waals surface area contributed by atoms with Gasteiger partial charge in [-0.25, -0.2) is 8.42 Å². The number of sulfone groups is 1. The van der Waals surface area contributed by atoms with Crippen LogP contribution in [0.5, 0.6) is 0 Å². The molecule has 2 fully saturated rings.